The lowest BCUT2D eigenvalue weighted by atomic mass is 10.1. The first kappa shape index (κ1) is 26.0. The van der Waals surface area contributed by atoms with E-state index in [1.807, 2.05) is 0 Å². The van der Waals surface area contributed by atoms with Gasteiger partial charge in [-0.15, -0.1) is 0 Å². The Hall–Kier alpha value is -4.11. The molecule has 37 heavy (non-hydrogen) atoms. The fourth-order valence-electron chi connectivity index (χ4n) is 3.47. The zero-order valence-electron chi connectivity index (χ0n) is 19.3. The topological polar surface area (TPSA) is 65.7 Å². The van der Waals surface area contributed by atoms with Gasteiger partial charge in [0.25, 0.3) is 5.76 Å². The lowest BCUT2D eigenvalue weighted by molar-refractivity contribution is -0.154. The molecule has 5 nitrogen and oxygen atoms in total. The number of alkyl halides is 3. The minimum absolute atomic E-state index is 0.0185. The maximum Gasteiger partial charge on any atom is 0.453 e. The van der Waals surface area contributed by atoms with Gasteiger partial charge < -0.3 is 13.9 Å². The van der Waals surface area contributed by atoms with Crippen LogP contribution in [0.1, 0.15) is 22.5 Å². The zero-order chi connectivity index (χ0) is 26.9. The van der Waals surface area contributed by atoms with E-state index in [2.05, 4.69) is 0 Å². The smallest absolute Gasteiger partial charge is 0.449 e. The Morgan fingerprint density at radius 2 is 1.62 bits per heavy atom. The number of ether oxygens (including phenoxy) is 2. The van der Waals surface area contributed by atoms with Crippen LogP contribution in [0, 0.1) is 19.7 Å². The summed E-state index contributed by atoms with van der Waals surface area (Å²) in [6.07, 6.45) is -2.64. The van der Waals surface area contributed by atoms with E-state index in [0.29, 0.717) is 21.7 Å². The number of benzene rings is 3. The number of hydrogen-bond donors (Lipinski definition) is 0. The monoisotopic (exact) mass is 532 g/mol. The molecule has 1 aromatic heterocycles. The average Bonchev–Trinajstić information content (AvgIpc) is 2.83. The number of esters is 1. The van der Waals surface area contributed by atoms with Crippen LogP contribution in [0.4, 0.5) is 17.6 Å². The van der Waals surface area contributed by atoms with Gasteiger partial charge in [0.15, 0.2) is 0 Å². The van der Waals surface area contributed by atoms with Crippen LogP contribution in [-0.4, -0.2) is 5.97 Å². The molecule has 0 atom stereocenters. The van der Waals surface area contributed by atoms with Crippen LogP contribution >= 0.6 is 11.6 Å². The average molecular weight is 533 g/mol. The lowest BCUT2D eigenvalue weighted by Gasteiger charge is -2.14. The van der Waals surface area contributed by atoms with Crippen LogP contribution in [-0.2, 0) is 11.0 Å². The second kappa shape index (κ2) is 10.1. The van der Waals surface area contributed by atoms with E-state index in [4.69, 9.17) is 25.5 Å². The zero-order valence-corrected chi connectivity index (χ0v) is 20.0. The Bertz CT molecular complexity index is 1560. The van der Waals surface area contributed by atoms with Crippen molar-refractivity contribution in [2.45, 2.75) is 20.0 Å². The number of rotatable bonds is 5. The molecule has 0 aliphatic carbocycles. The fraction of sp³-hybridized carbons (Fsp3) is 0.111. The molecule has 4 rings (SSSR count). The Kier molecular flexibility index (Phi) is 7.09. The highest BCUT2D eigenvalue weighted by molar-refractivity contribution is 6.32. The first-order chi connectivity index (χ1) is 17.4. The largest absolute Gasteiger partial charge is 0.453 e. The van der Waals surface area contributed by atoms with Crippen molar-refractivity contribution in [2.24, 2.45) is 0 Å². The number of aryl methyl sites for hydroxylation is 2. The molecular formula is C27H17ClF4O5. The summed E-state index contributed by atoms with van der Waals surface area (Å²) in [6, 6.07) is 11.5. The van der Waals surface area contributed by atoms with Crippen molar-refractivity contribution in [3.63, 3.8) is 0 Å². The van der Waals surface area contributed by atoms with Crippen molar-refractivity contribution in [1.82, 2.24) is 0 Å². The fourth-order valence-corrected chi connectivity index (χ4v) is 3.58. The standard InChI is InChI=1S/C27H17ClF4O5/c1-14-11-19(12-15(2)23(14)28)36-25-24(34)20-9-8-18(13-21(20)37-26(25)27(30,31)32)35-22(33)10-5-16-3-6-17(29)7-4-16/h3-13H,1-2H3. The summed E-state index contributed by atoms with van der Waals surface area (Å²) in [7, 11) is 0. The van der Waals surface area contributed by atoms with E-state index in [1.165, 1.54) is 54.6 Å². The summed E-state index contributed by atoms with van der Waals surface area (Å²) in [5.74, 6) is -4.15. The summed E-state index contributed by atoms with van der Waals surface area (Å²) in [4.78, 5) is 25.1. The number of carbonyl (C=O) groups excluding carboxylic acids is 1. The molecule has 1 heterocycles. The van der Waals surface area contributed by atoms with Gasteiger partial charge in [-0.3, -0.25) is 4.79 Å². The Balaban J connectivity index is 1.68. The molecule has 4 aromatic rings. The molecule has 0 aliphatic rings. The lowest BCUT2D eigenvalue weighted by Crippen LogP contribution is -2.15. The van der Waals surface area contributed by atoms with Crippen molar-refractivity contribution in [2.75, 3.05) is 0 Å². The van der Waals surface area contributed by atoms with Gasteiger partial charge in [-0.05, 0) is 73.0 Å². The van der Waals surface area contributed by atoms with Crippen molar-refractivity contribution in [3.8, 4) is 17.2 Å². The molecule has 0 aliphatic heterocycles. The van der Waals surface area contributed by atoms with Crippen molar-refractivity contribution < 1.29 is 36.2 Å². The minimum Gasteiger partial charge on any atom is -0.449 e. The van der Waals surface area contributed by atoms with Gasteiger partial charge in [-0.1, -0.05) is 23.7 Å². The number of halogens is 5. The molecule has 10 heteroatoms. The second-order valence-corrected chi connectivity index (χ2v) is 8.40. The summed E-state index contributed by atoms with van der Waals surface area (Å²) < 4.78 is 70.0. The first-order valence-electron chi connectivity index (χ1n) is 10.7. The van der Waals surface area contributed by atoms with Crippen molar-refractivity contribution >= 4 is 34.6 Å². The van der Waals surface area contributed by atoms with Crippen LogP contribution in [0.5, 0.6) is 17.2 Å². The summed E-state index contributed by atoms with van der Waals surface area (Å²) in [6.45, 7) is 3.29. The highest BCUT2D eigenvalue weighted by Crippen LogP contribution is 2.39. The maximum atomic E-state index is 13.8. The summed E-state index contributed by atoms with van der Waals surface area (Å²) in [5.41, 5.74) is 0.107. The molecule has 0 bridgehead atoms. The van der Waals surface area contributed by atoms with Gasteiger partial charge in [-0.2, -0.15) is 13.2 Å². The summed E-state index contributed by atoms with van der Waals surface area (Å²) in [5, 5.41) is 0.204. The Morgan fingerprint density at radius 1 is 0.973 bits per heavy atom. The molecule has 0 fully saturated rings. The third-order valence-corrected chi connectivity index (χ3v) is 5.81. The van der Waals surface area contributed by atoms with Crippen molar-refractivity contribution in [3.05, 3.63) is 104 Å². The second-order valence-electron chi connectivity index (χ2n) is 8.02. The van der Waals surface area contributed by atoms with Gasteiger partial charge in [0.1, 0.15) is 22.9 Å². The molecule has 0 unspecified atom stereocenters. The van der Waals surface area contributed by atoms with Crippen molar-refractivity contribution in [1.29, 1.82) is 0 Å². The van der Waals surface area contributed by atoms with E-state index in [9.17, 15) is 27.2 Å². The third kappa shape index (κ3) is 5.83. The van der Waals surface area contributed by atoms with Crippen LogP contribution in [0.3, 0.4) is 0 Å². The van der Waals surface area contributed by atoms with E-state index in [-0.39, 0.29) is 16.9 Å². The van der Waals surface area contributed by atoms with Crippen LogP contribution in [0.2, 0.25) is 5.02 Å². The van der Waals surface area contributed by atoms with E-state index in [0.717, 1.165) is 12.1 Å². The molecule has 0 radical (unpaired) electrons. The number of fused-ring (bicyclic) bond motifs is 1. The van der Waals surface area contributed by atoms with E-state index in [1.54, 1.807) is 13.8 Å². The Labute approximate surface area is 212 Å². The van der Waals surface area contributed by atoms with Crippen LogP contribution in [0.15, 0.2) is 69.9 Å². The normalized spacial score (nSPS) is 11.8. The van der Waals surface area contributed by atoms with Gasteiger partial charge in [0.2, 0.25) is 11.2 Å². The predicted molar refractivity (Wildman–Crippen MR) is 130 cm³/mol. The SMILES string of the molecule is Cc1cc(Oc2c(C(F)(F)F)oc3cc(OC(=O)C=Cc4ccc(F)cc4)ccc3c2=O)cc(C)c1Cl. The molecule has 0 spiro atoms. The highest BCUT2D eigenvalue weighted by Gasteiger charge is 2.40. The first-order valence-corrected chi connectivity index (χ1v) is 11.1. The molecular weight excluding hydrogens is 516 g/mol. The van der Waals surface area contributed by atoms with Gasteiger partial charge >= 0.3 is 12.1 Å². The number of carbonyl (C=O) groups is 1. The third-order valence-electron chi connectivity index (χ3n) is 5.21. The van der Waals surface area contributed by atoms with Gasteiger partial charge in [-0.25, -0.2) is 9.18 Å². The minimum atomic E-state index is -5.07. The molecule has 0 saturated heterocycles. The molecule has 3 aromatic carbocycles. The van der Waals surface area contributed by atoms with Gasteiger partial charge in [0, 0.05) is 17.2 Å². The Morgan fingerprint density at radius 3 is 2.24 bits per heavy atom. The van der Waals surface area contributed by atoms with Crippen LogP contribution < -0.4 is 14.9 Å². The predicted octanol–water partition coefficient (Wildman–Crippen LogP) is 7.63. The summed E-state index contributed by atoms with van der Waals surface area (Å²) >= 11 is 6.10. The van der Waals surface area contributed by atoms with Gasteiger partial charge in [0.05, 0.1) is 5.39 Å². The van der Waals surface area contributed by atoms with Crippen LogP contribution in [0.25, 0.3) is 17.0 Å². The molecule has 190 valence electrons. The molecule has 0 N–H and O–H groups in total. The quantitative estimate of drug-likeness (QED) is 0.114. The van der Waals surface area contributed by atoms with E-state index < -0.39 is 40.5 Å². The highest BCUT2D eigenvalue weighted by atomic mass is 35.5. The number of hydrogen-bond acceptors (Lipinski definition) is 5. The molecule has 0 amide bonds. The molecule has 0 saturated carbocycles. The van der Waals surface area contributed by atoms with E-state index >= 15 is 0 Å². The maximum absolute atomic E-state index is 13.8.